The Hall–Kier alpha value is -5.59. The number of piperidine rings is 2. The molecular formula is C42H44ClN9O6. The minimum Gasteiger partial charge on any atom is -0.490 e. The van der Waals surface area contributed by atoms with E-state index in [4.69, 9.17) is 21.6 Å². The number of anilines is 2. The highest BCUT2D eigenvalue weighted by molar-refractivity contribution is 6.31. The molecule has 0 radical (unpaired) electrons. The lowest BCUT2D eigenvalue weighted by Crippen LogP contribution is -2.54. The fourth-order valence-electron chi connectivity index (χ4n) is 9.65. The zero-order chi connectivity index (χ0) is 40.1. The molecule has 300 valence electrons. The molecule has 2 N–H and O–H groups in total. The number of nitrogens with zero attached hydrogens (tertiary/aromatic N) is 7. The molecule has 3 atom stereocenters. The van der Waals surface area contributed by atoms with E-state index in [-0.39, 0.29) is 30.9 Å². The number of nitriles is 1. The van der Waals surface area contributed by atoms with E-state index in [0.717, 1.165) is 94.1 Å². The minimum atomic E-state index is -0.975. The predicted molar refractivity (Wildman–Crippen MR) is 211 cm³/mol. The number of aromatic nitrogens is 2. The highest BCUT2D eigenvalue weighted by Crippen LogP contribution is 2.38. The quantitative estimate of drug-likeness (QED) is 0.300. The van der Waals surface area contributed by atoms with Gasteiger partial charge in [-0.15, -0.1) is 10.2 Å². The summed E-state index contributed by atoms with van der Waals surface area (Å²) in [6, 6.07) is 16.0. The average Bonchev–Trinajstić information content (AvgIpc) is 3.90. The molecule has 5 aliphatic heterocycles. The van der Waals surface area contributed by atoms with Gasteiger partial charge in [-0.25, -0.2) is 0 Å². The van der Waals surface area contributed by atoms with Gasteiger partial charge in [-0.05, 0) is 99.7 Å². The Morgan fingerprint density at radius 2 is 1.69 bits per heavy atom. The molecule has 6 aliphatic rings. The summed E-state index contributed by atoms with van der Waals surface area (Å²) in [6.07, 6.45) is 6.52. The molecule has 2 bridgehead atoms. The molecule has 15 nitrogen and oxygen atoms in total. The van der Waals surface area contributed by atoms with Crippen molar-refractivity contribution in [3.63, 3.8) is 0 Å². The van der Waals surface area contributed by atoms with Crippen LogP contribution in [0.1, 0.15) is 94.6 Å². The third-order valence-electron chi connectivity index (χ3n) is 12.8. The Balaban J connectivity index is 0.714. The van der Waals surface area contributed by atoms with Crippen LogP contribution >= 0.6 is 11.6 Å². The number of amides is 5. The SMILES string of the molecule is N#Cc1ccc(OC2CCC(NC(=O)c3ccc(N4CCC(CN5C[C@@H]6C[C@H]5CN6c5ccc6c(c5)C(=O)N(C5CCC(=O)NC5=O)C6=O)CC4)nn3)CC2)cc1Cl. The molecule has 1 saturated carbocycles. The molecule has 4 saturated heterocycles. The lowest BCUT2D eigenvalue weighted by molar-refractivity contribution is -0.136. The van der Waals surface area contributed by atoms with Gasteiger partial charge in [0.25, 0.3) is 17.7 Å². The van der Waals surface area contributed by atoms with E-state index in [9.17, 15) is 24.0 Å². The van der Waals surface area contributed by atoms with Gasteiger partial charge >= 0.3 is 0 Å². The van der Waals surface area contributed by atoms with E-state index in [2.05, 4.69) is 41.6 Å². The van der Waals surface area contributed by atoms with Crippen LogP contribution in [0.5, 0.6) is 5.75 Å². The fraction of sp³-hybridized carbons (Fsp3) is 0.476. The third kappa shape index (κ3) is 7.35. The van der Waals surface area contributed by atoms with Gasteiger partial charge in [-0.2, -0.15) is 5.26 Å². The molecule has 58 heavy (non-hydrogen) atoms. The van der Waals surface area contributed by atoms with Crippen molar-refractivity contribution < 1.29 is 28.7 Å². The van der Waals surface area contributed by atoms with Gasteiger partial charge < -0.3 is 19.9 Å². The van der Waals surface area contributed by atoms with Crippen LogP contribution in [-0.2, 0) is 9.59 Å². The fourth-order valence-corrected chi connectivity index (χ4v) is 9.87. The zero-order valence-corrected chi connectivity index (χ0v) is 32.7. The Kier molecular flexibility index (Phi) is 10.2. The van der Waals surface area contributed by atoms with Crippen molar-refractivity contribution in [1.82, 2.24) is 30.6 Å². The molecule has 5 amide bonds. The van der Waals surface area contributed by atoms with Crippen molar-refractivity contribution in [3.05, 3.63) is 75.9 Å². The number of rotatable bonds is 9. The number of fused-ring (bicyclic) bond motifs is 3. The van der Waals surface area contributed by atoms with Gasteiger partial charge in [0.15, 0.2) is 11.5 Å². The molecular weight excluding hydrogens is 762 g/mol. The van der Waals surface area contributed by atoms with Crippen molar-refractivity contribution >= 4 is 52.6 Å². The van der Waals surface area contributed by atoms with Crippen molar-refractivity contribution in [3.8, 4) is 11.8 Å². The Labute approximate surface area is 340 Å². The summed E-state index contributed by atoms with van der Waals surface area (Å²) in [4.78, 5) is 71.9. The largest absolute Gasteiger partial charge is 0.490 e. The van der Waals surface area contributed by atoms with Crippen LogP contribution in [0.15, 0.2) is 48.5 Å². The normalized spacial score (nSPS) is 26.1. The Bertz CT molecular complexity index is 2200. The summed E-state index contributed by atoms with van der Waals surface area (Å²) < 4.78 is 6.08. The van der Waals surface area contributed by atoms with Crippen LogP contribution in [-0.4, -0.2) is 113 Å². The summed E-state index contributed by atoms with van der Waals surface area (Å²) in [5, 5.41) is 23.5. The van der Waals surface area contributed by atoms with Crippen LogP contribution in [0.3, 0.4) is 0 Å². The summed E-state index contributed by atoms with van der Waals surface area (Å²) in [6.45, 7) is 4.56. The van der Waals surface area contributed by atoms with Crippen LogP contribution in [0, 0.1) is 17.2 Å². The van der Waals surface area contributed by atoms with Crippen LogP contribution in [0.2, 0.25) is 5.02 Å². The number of likely N-dealkylation sites (tertiary alicyclic amines) is 1. The molecule has 16 heteroatoms. The number of halogens is 1. The molecule has 6 heterocycles. The van der Waals surface area contributed by atoms with Crippen molar-refractivity contribution in [2.45, 2.75) is 88.1 Å². The van der Waals surface area contributed by atoms with Gasteiger partial charge in [0.1, 0.15) is 17.9 Å². The van der Waals surface area contributed by atoms with E-state index >= 15 is 0 Å². The van der Waals surface area contributed by atoms with Crippen LogP contribution < -0.4 is 25.2 Å². The highest BCUT2D eigenvalue weighted by atomic mass is 35.5. The molecule has 0 spiro atoms. The number of piperazine rings is 1. The Morgan fingerprint density at radius 3 is 2.38 bits per heavy atom. The topological polar surface area (TPSA) is 181 Å². The van der Waals surface area contributed by atoms with Crippen molar-refractivity contribution in [1.29, 1.82) is 5.26 Å². The smallest absolute Gasteiger partial charge is 0.272 e. The van der Waals surface area contributed by atoms with E-state index in [1.165, 1.54) is 0 Å². The standard InChI is InChI=1S/C42H44ClN9O6/c43-34-19-31(5-1-25(34)20-44)58-30-6-2-26(3-7-30)45-39(54)35-9-11-37(48-47-35)49-15-13-24(14-16-49)21-50-22-29-17-28(50)23-51(29)27-4-8-32-33(18-27)42(57)52(41(32)56)36-10-12-38(53)46-40(36)55/h1,4-5,8-9,11,18-19,24,26,28-30,36H,2-3,6-7,10,12-17,21-23H2,(H,45,54)(H,46,53,55)/t26?,28-,29-,30?,36?/m0/s1. The first-order valence-electron chi connectivity index (χ1n) is 20.2. The summed E-state index contributed by atoms with van der Waals surface area (Å²) >= 11 is 6.15. The molecule has 5 fully saturated rings. The van der Waals surface area contributed by atoms with Gasteiger partial charge in [0.2, 0.25) is 11.8 Å². The maximum absolute atomic E-state index is 13.4. The molecule has 1 aliphatic carbocycles. The highest BCUT2D eigenvalue weighted by Gasteiger charge is 2.47. The lowest BCUT2D eigenvalue weighted by atomic mass is 9.93. The molecule has 2 aromatic carbocycles. The van der Waals surface area contributed by atoms with Crippen LogP contribution in [0.4, 0.5) is 11.5 Å². The number of nitrogens with one attached hydrogen (secondary N) is 2. The van der Waals surface area contributed by atoms with Gasteiger partial charge in [0, 0.05) is 69.0 Å². The first kappa shape index (κ1) is 38.0. The summed E-state index contributed by atoms with van der Waals surface area (Å²) in [5.41, 5.74) is 2.25. The second-order valence-corrected chi connectivity index (χ2v) is 16.8. The van der Waals surface area contributed by atoms with E-state index < -0.39 is 29.7 Å². The minimum absolute atomic E-state index is 0.0189. The average molecular weight is 806 g/mol. The second kappa shape index (κ2) is 15.6. The molecule has 1 unspecified atom stereocenters. The number of hydrogen-bond donors (Lipinski definition) is 2. The first-order valence-corrected chi connectivity index (χ1v) is 20.6. The predicted octanol–water partition coefficient (Wildman–Crippen LogP) is 3.70. The molecule has 9 rings (SSSR count). The number of benzene rings is 2. The molecule has 1 aromatic heterocycles. The zero-order valence-electron chi connectivity index (χ0n) is 31.9. The number of carbonyl (C=O) groups is 5. The monoisotopic (exact) mass is 805 g/mol. The second-order valence-electron chi connectivity index (χ2n) is 16.4. The van der Waals surface area contributed by atoms with E-state index in [1.807, 2.05) is 12.1 Å². The first-order chi connectivity index (χ1) is 28.1. The van der Waals surface area contributed by atoms with Crippen molar-refractivity contribution in [2.75, 3.05) is 42.5 Å². The maximum atomic E-state index is 13.4. The van der Waals surface area contributed by atoms with Gasteiger partial charge in [0.05, 0.1) is 27.8 Å². The van der Waals surface area contributed by atoms with E-state index in [0.29, 0.717) is 51.2 Å². The molecule has 3 aromatic rings. The third-order valence-corrected chi connectivity index (χ3v) is 13.1. The van der Waals surface area contributed by atoms with Gasteiger partial charge in [-0.3, -0.25) is 39.1 Å². The Morgan fingerprint density at radius 1 is 0.897 bits per heavy atom. The number of hydrogen-bond acceptors (Lipinski definition) is 12. The summed E-state index contributed by atoms with van der Waals surface area (Å²) in [7, 11) is 0. The van der Waals surface area contributed by atoms with Crippen molar-refractivity contribution in [2.24, 2.45) is 5.92 Å². The number of carbonyl (C=O) groups excluding carboxylic acids is 5. The van der Waals surface area contributed by atoms with E-state index in [1.54, 1.807) is 36.4 Å². The lowest BCUT2D eigenvalue weighted by Gasteiger charge is -2.39. The summed E-state index contributed by atoms with van der Waals surface area (Å²) in [5.74, 6) is -0.211. The van der Waals surface area contributed by atoms with Crippen LogP contribution in [0.25, 0.3) is 0 Å². The van der Waals surface area contributed by atoms with Gasteiger partial charge in [-0.1, -0.05) is 11.6 Å². The number of ether oxygens (including phenoxy) is 1. The maximum Gasteiger partial charge on any atom is 0.272 e. The number of imide groups is 2.